The summed E-state index contributed by atoms with van der Waals surface area (Å²) in [7, 11) is 1.60. The van der Waals surface area contributed by atoms with Crippen LogP contribution in [0.25, 0.3) is 0 Å². The molecular weight excluding hydrogens is 211 g/mol. The zero-order valence-electron chi connectivity index (χ0n) is 8.59. The number of aryl methyl sites for hydroxylation is 1. The minimum atomic E-state index is -0.531. The molecule has 2 rings (SSSR count). The SMILES string of the molecule is Cn1nnc(CC(=O)c2ccccc2F)n1. The minimum Gasteiger partial charge on any atom is -0.294 e. The Morgan fingerprint density at radius 1 is 1.44 bits per heavy atom. The van der Waals surface area contributed by atoms with Crippen LogP contribution in [0.1, 0.15) is 16.2 Å². The highest BCUT2D eigenvalue weighted by Crippen LogP contribution is 2.09. The molecule has 1 aromatic heterocycles. The van der Waals surface area contributed by atoms with Crippen LogP contribution in [0.15, 0.2) is 24.3 Å². The number of Topliss-reactive ketones (excluding diaryl/α,β-unsaturated/α-hetero) is 1. The second-order valence-corrected chi connectivity index (χ2v) is 3.27. The molecule has 82 valence electrons. The van der Waals surface area contributed by atoms with Gasteiger partial charge in [0.1, 0.15) is 5.82 Å². The number of rotatable bonds is 3. The lowest BCUT2D eigenvalue weighted by Crippen LogP contribution is -2.07. The highest BCUT2D eigenvalue weighted by molar-refractivity contribution is 5.97. The number of hydrogen-bond donors (Lipinski definition) is 0. The van der Waals surface area contributed by atoms with E-state index in [1.165, 1.54) is 23.0 Å². The van der Waals surface area contributed by atoms with Crippen molar-refractivity contribution >= 4 is 5.78 Å². The van der Waals surface area contributed by atoms with E-state index in [0.717, 1.165) is 0 Å². The van der Waals surface area contributed by atoms with Gasteiger partial charge >= 0.3 is 0 Å². The summed E-state index contributed by atoms with van der Waals surface area (Å²) >= 11 is 0. The number of aromatic nitrogens is 4. The molecule has 0 spiro atoms. The van der Waals surface area contributed by atoms with Crippen LogP contribution in [-0.4, -0.2) is 26.0 Å². The van der Waals surface area contributed by atoms with Crippen LogP contribution in [0.4, 0.5) is 4.39 Å². The van der Waals surface area contributed by atoms with Crippen LogP contribution < -0.4 is 0 Å². The summed E-state index contributed by atoms with van der Waals surface area (Å²) in [6.07, 6.45) is -0.0469. The van der Waals surface area contributed by atoms with Gasteiger partial charge in [0.05, 0.1) is 19.0 Å². The Morgan fingerprint density at radius 2 is 2.19 bits per heavy atom. The van der Waals surface area contributed by atoms with E-state index >= 15 is 0 Å². The molecular formula is C10H9FN4O. The van der Waals surface area contributed by atoms with Crippen molar-refractivity contribution in [2.75, 3.05) is 0 Å². The number of halogens is 1. The van der Waals surface area contributed by atoms with Crippen molar-refractivity contribution in [1.29, 1.82) is 0 Å². The van der Waals surface area contributed by atoms with Crippen LogP contribution in [-0.2, 0) is 13.5 Å². The van der Waals surface area contributed by atoms with Crippen molar-refractivity contribution in [3.05, 3.63) is 41.5 Å². The molecule has 0 aliphatic rings. The third-order valence-corrected chi connectivity index (χ3v) is 2.04. The van der Waals surface area contributed by atoms with Crippen molar-refractivity contribution in [3.8, 4) is 0 Å². The maximum atomic E-state index is 13.3. The van der Waals surface area contributed by atoms with E-state index in [1.54, 1.807) is 13.1 Å². The van der Waals surface area contributed by atoms with Crippen LogP contribution in [0.5, 0.6) is 0 Å². The first kappa shape index (κ1) is 10.4. The van der Waals surface area contributed by atoms with Gasteiger partial charge in [-0.05, 0) is 17.3 Å². The molecule has 0 bridgehead atoms. The summed E-state index contributed by atoms with van der Waals surface area (Å²) in [5.74, 6) is -0.599. The van der Waals surface area contributed by atoms with Gasteiger partial charge in [0.15, 0.2) is 11.6 Å². The van der Waals surface area contributed by atoms with Crippen LogP contribution in [0.3, 0.4) is 0 Å². The molecule has 0 saturated heterocycles. The number of tetrazole rings is 1. The molecule has 0 N–H and O–H groups in total. The third-order valence-electron chi connectivity index (χ3n) is 2.04. The molecule has 0 fully saturated rings. The third kappa shape index (κ3) is 2.10. The first-order valence-corrected chi connectivity index (χ1v) is 4.67. The molecule has 0 saturated carbocycles. The fraction of sp³-hybridized carbons (Fsp3) is 0.200. The summed E-state index contributed by atoms with van der Waals surface area (Å²) in [4.78, 5) is 12.9. The normalized spacial score (nSPS) is 10.4. The fourth-order valence-corrected chi connectivity index (χ4v) is 1.32. The van der Waals surface area contributed by atoms with Crippen LogP contribution >= 0.6 is 0 Å². The van der Waals surface area contributed by atoms with Gasteiger partial charge in [-0.15, -0.1) is 10.2 Å². The summed E-state index contributed by atoms with van der Waals surface area (Å²) in [5.41, 5.74) is 0.0509. The molecule has 0 radical (unpaired) electrons. The molecule has 0 atom stereocenters. The van der Waals surface area contributed by atoms with Gasteiger partial charge in [0.2, 0.25) is 0 Å². The van der Waals surface area contributed by atoms with E-state index in [2.05, 4.69) is 15.4 Å². The Balaban J connectivity index is 2.18. The Hall–Kier alpha value is -2.11. The standard InChI is InChI=1S/C10H9FN4O/c1-15-13-10(12-14-15)6-9(16)7-4-2-3-5-8(7)11/h2-5H,6H2,1H3. The summed E-state index contributed by atoms with van der Waals surface area (Å²) in [5, 5.41) is 11.1. The van der Waals surface area contributed by atoms with Crippen molar-refractivity contribution in [1.82, 2.24) is 20.2 Å². The van der Waals surface area contributed by atoms with Gasteiger partial charge in [0.25, 0.3) is 0 Å². The Morgan fingerprint density at radius 3 is 2.81 bits per heavy atom. The van der Waals surface area contributed by atoms with E-state index in [-0.39, 0.29) is 23.6 Å². The van der Waals surface area contributed by atoms with E-state index in [0.29, 0.717) is 0 Å². The molecule has 0 aliphatic heterocycles. The lowest BCUT2D eigenvalue weighted by Gasteiger charge is -1.98. The van der Waals surface area contributed by atoms with E-state index in [4.69, 9.17) is 0 Å². The van der Waals surface area contributed by atoms with E-state index in [1.807, 2.05) is 0 Å². The van der Waals surface area contributed by atoms with Gasteiger partial charge in [-0.2, -0.15) is 4.80 Å². The van der Waals surface area contributed by atoms with Gasteiger partial charge < -0.3 is 0 Å². The van der Waals surface area contributed by atoms with Crippen molar-refractivity contribution in [2.24, 2.45) is 7.05 Å². The Labute approximate surface area is 90.9 Å². The summed E-state index contributed by atoms with van der Waals surface area (Å²) in [6.45, 7) is 0. The Bertz CT molecular complexity index is 523. The van der Waals surface area contributed by atoms with Gasteiger partial charge in [0, 0.05) is 0 Å². The molecule has 0 unspecified atom stereocenters. The maximum Gasteiger partial charge on any atom is 0.182 e. The van der Waals surface area contributed by atoms with Crippen molar-refractivity contribution in [3.63, 3.8) is 0 Å². The first-order valence-electron chi connectivity index (χ1n) is 4.67. The number of carbonyl (C=O) groups excluding carboxylic acids is 1. The lowest BCUT2D eigenvalue weighted by atomic mass is 10.1. The number of ketones is 1. The number of nitrogens with zero attached hydrogens (tertiary/aromatic N) is 4. The average Bonchev–Trinajstić information content (AvgIpc) is 2.64. The van der Waals surface area contributed by atoms with Crippen molar-refractivity contribution < 1.29 is 9.18 Å². The second-order valence-electron chi connectivity index (χ2n) is 3.27. The maximum absolute atomic E-state index is 13.3. The van der Waals surface area contributed by atoms with Gasteiger partial charge in [-0.1, -0.05) is 12.1 Å². The highest BCUT2D eigenvalue weighted by atomic mass is 19.1. The predicted molar refractivity (Wildman–Crippen MR) is 53.2 cm³/mol. The van der Waals surface area contributed by atoms with Crippen LogP contribution in [0.2, 0.25) is 0 Å². The fourth-order valence-electron chi connectivity index (χ4n) is 1.32. The Kier molecular flexibility index (Phi) is 2.72. The number of hydrogen-bond acceptors (Lipinski definition) is 4. The molecule has 16 heavy (non-hydrogen) atoms. The van der Waals surface area contributed by atoms with E-state index in [9.17, 15) is 9.18 Å². The summed E-state index contributed by atoms with van der Waals surface area (Å²) < 4.78 is 13.3. The molecule has 0 amide bonds. The van der Waals surface area contributed by atoms with Gasteiger partial charge in [-0.25, -0.2) is 4.39 Å². The largest absolute Gasteiger partial charge is 0.294 e. The molecule has 1 aromatic carbocycles. The zero-order valence-corrected chi connectivity index (χ0v) is 8.59. The number of benzene rings is 1. The summed E-state index contributed by atoms with van der Waals surface area (Å²) in [6, 6.07) is 5.83. The zero-order chi connectivity index (χ0) is 11.5. The lowest BCUT2D eigenvalue weighted by molar-refractivity contribution is 0.0987. The first-order chi connectivity index (χ1) is 7.66. The highest BCUT2D eigenvalue weighted by Gasteiger charge is 2.14. The molecule has 0 aliphatic carbocycles. The topological polar surface area (TPSA) is 60.7 Å². The molecule has 5 nitrogen and oxygen atoms in total. The van der Waals surface area contributed by atoms with Crippen molar-refractivity contribution in [2.45, 2.75) is 6.42 Å². The molecule has 6 heteroatoms. The predicted octanol–water partition coefficient (Wildman–Crippen LogP) is 0.775. The molecule has 1 heterocycles. The van der Waals surface area contributed by atoms with Gasteiger partial charge in [-0.3, -0.25) is 4.79 Å². The second kappa shape index (κ2) is 4.18. The average molecular weight is 220 g/mol. The smallest absolute Gasteiger partial charge is 0.182 e. The monoisotopic (exact) mass is 220 g/mol. The van der Waals surface area contributed by atoms with E-state index < -0.39 is 5.82 Å². The quantitative estimate of drug-likeness (QED) is 0.717. The minimum absolute atomic E-state index is 0.0469. The van der Waals surface area contributed by atoms with Crippen LogP contribution in [0, 0.1) is 5.82 Å². The molecule has 2 aromatic rings. The number of carbonyl (C=O) groups is 1.